The largest absolute Gasteiger partial charge is 2.00 e. The Bertz CT molecular complexity index is 649. The standard InChI is InChI=1S/2C8H10N2O2.Ca/c2*9-6-1-5(3-8(11)12)2-7(10)4-6;/h2*1-2,4H,3,9-10H2,(H,11,12);/q;;+2/p-2. The molecule has 0 aliphatic rings. The molecule has 0 heterocycles. The number of nitrogen functional groups attached to an aromatic ring is 4. The third-order valence-corrected chi connectivity index (χ3v) is 2.77. The Hall–Kier alpha value is -2.16. The van der Waals surface area contributed by atoms with Crippen LogP contribution in [-0.4, -0.2) is 49.7 Å². The Balaban J connectivity index is 0.000000443. The molecule has 0 aromatic heterocycles. The number of rotatable bonds is 4. The van der Waals surface area contributed by atoms with Crippen molar-refractivity contribution in [2.75, 3.05) is 22.9 Å². The quantitative estimate of drug-likeness (QED) is 0.348. The Labute approximate surface area is 174 Å². The van der Waals surface area contributed by atoms with E-state index in [1.54, 1.807) is 36.4 Å². The Kier molecular flexibility index (Phi) is 9.73. The van der Waals surface area contributed by atoms with Crippen molar-refractivity contribution >= 4 is 72.4 Å². The molecule has 2 aromatic carbocycles. The summed E-state index contributed by atoms with van der Waals surface area (Å²) >= 11 is 0. The van der Waals surface area contributed by atoms with Crippen molar-refractivity contribution in [2.45, 2.75) is 12.8 Å². The van der Waals surface area contributed by atoms with Crippen LogP contribution in [0.1, 0.15) is 11.1 Å². The summed E-state index contributed by atoms with van der Waals surface area (Å²) < 4.78 is 0. The number of anilines is 4. The van der Waals surface area contributed by atoms with E-state index >= 15 is 0 Å². The van der Waals surface area contributed by atoms with Gasteiger partial charge in [-0.2, -0.15) is 0 Å². The van der Waals surface area contributed by atoms with E-state index in [-0.39, 0.29) is 50.6 Å². The SMILES string of the molecule is Nc1cc(N)cc(CC(=O)[O-])c1.Nc1cc(N)cc(CC(=O)[O-])c1.[Ca+2]. The van der Waals surface area contributed by atoms with Crippen LogP contribution in [0.25, 0.3) is 0 Å². The molecule has 0 spiro atoms. The van der Waals surface area contributed by atoms with Crippen molar-refractivity contribution < 1.29 is 19.8 Å². The van der Waals surface area contributed by atoms with E-state index in [9.17, 15) is 19.8 Å². The molecule has 0 aliphatic heterocycles. The first-order valence-electron chi connectivity index (χ1n) is 6.85. The fourth-order valence-electron chi connectivity index (χ4n) is 2.03. The van der Waals surface area contributed by atoms with Gasteiger partial charge in [0, 0.05) is 47.5 Å². The van der Waals surface area contributed by atoms with E-state index in [4.69, 9.17) is 22.9 Å². The molecule has 0 bridgehead atoms. The second kappa shape index (κ2) is 10.7. The first kappa shape index (κ1) is 22.8. The molecule has 128 valence electrons. The number of aliphatic carboxylic acids is 2. The number of carboxylic acids is 2. The van der Waals surface area contributed by atoms with Crippen molar-refractivity contribution in [2.24, 2.45) is 0 Å². The summed E-state index contributed by atoms with van der Waals surface area (Å²) in [7, 11) is 0. The van der Waals surface area contributed by atoms with E-state index in [0.29, 0.717) is 33.9 Å². The van der Waals surface area contributed by atoms with Gasteiger partial charge in [0.1, 0.15) is 0 Å². The smallest absolute Gasteiger partial charge is 0.550 e. The van der Waals surface area contributed by atoms with Gasteiger partial charge < -0.3 is 42.7 Å². The van der Waals surface area contributed by atoms with Crippen LogP contribution in [-0.2, 0) is 22.4 Å². The molecule has 0 saturated heterocycles. The maximum absolute atomic E-state index is 10.2. The van der Waals surface area contributed by atoms with Gasteiger partial charge in [-0.05, 0) is 47.5 Å². The topological polar surface area (TPSA) is 184 Å². The second-order valence-corrected chi connectivity index (χ2v) is 5.11. The zero-order valence-electron chi connectivity index (χ0n) is 13.5. The maximum atomic E-state index is 10.2. The van der Waals surface area contributed by atoms with E-state index in [1.807, 2.05) is 0 Å². The molecule has 0 radical (unpaired) electrons. The molecule has 9 heteroatoms. The molecule has 8 nitrogen and oxygen atoms in total. The summed E-state index contributed by atoms with van der Waals surface area (Å²) in [6.07, 6.45) is -0.315. The van der Waals surface area contributed by atoms with E-state index < -0.39 is 11.9 Å². The van der Waals surface area contributed by atoms with Crippen LogP contribution in [0.4, 0.5) is 22.7 Å². The fraction of sp³-hybridized carbons (Fsp3) is 0.125. The number of hydrogen-bond acceptors (Lipinski definition) is 8. The molecule has 25 heavy (non-hydrogen) atoms. The summed E-state index contributed by atoms with van der Waals surface area (Å²) in [5.74, 6) is -2.28. The molecule has 0 unspecified atom stereocenters. The van der Waals surface area contributed by atoms with Crippen LogP contribution in [0.2, 0.25) is 0 Å². The van der Waals surface area contributed by atoms with E-state index in [2.05, 4.69) is 0 Å². The monoisotopic (exact) mass is 370 g/mol. The van der Waals surface area contributed by atoms with Crippen molar-refractivity contribution in [1.82, 2.24) is 0 Å². The summed E-state index contributed by atoms with van der Waals surface area (Å²) in [6.45, 7) is 0. The molecule has 2 aromatic rings. The zero-order valence-corrected chi connectivity index (χ0v) is 15.7. The number of carbonyl (C=O) groups is 2. The molecule has 0 fully saturated rings. The van der Waals surface area contributed by atoms with Gasteiger partial charge in [-0.25, -0.2) is 0 Å². The molecular weight excluding hydrogens is 352 g/mol. The van der Waals surface area contributed by atoms with E-state index in [0.717, 1.165) is 0 Å². The minimum Gasteiger partial charge on any atom is -0.550 e. The van der Waals surface area contributed by atoms with Crippen LogP contribution >= 0.6 is 0 Å². The van der Waals surface area contributed by atoms with Crippen LogP contribution in [0.3, 0.4) is 0 Å². The summed E-state index contributed by atoms with van der Waals surface area (Å²) in [4.78, 5) is 20.4. The average molecular weight is 370 g/mol. The second-order valence-electron chi connectivity index (χ2n) is 5.11. The predicted octanol–water partition coefficient (Wildman–Crippen LogP) is -2.09. The molecule has 8 N–H and O–H groups in total. The predicted molar refractivity (Wildman–Crippen MR) is 93.7 cm³/mol. The Morgan fingerprint density at radius 2 is 0.880 bits per heavy atom. The van der Waals surface area contributed by atoms with E-state index in [1.165, 1.54) is 0 Å². The third kappa shape index (κ3) is 9.65. The first-order valence-corrected chi connectivity index (χ1v) is 6.85. The van der Waals surface area contributed by atoms with Crippen LogP contribution in [0, 0.1) is 0 Å². The number of hydrogen-bond donors (Lipinski definition) is 4. The van der Waals surface area contributed by atoms with Gasteiger partial charge in [0.05, 0.1) is 0 Å². The fourth-order valence-corrected chi connectivity index (χ4v) is 2.03. The molecule has 0 amide bonds. The minimum atomic E-state index is -1.14. The van der Waals surface area contributed by atoms with Crippen LogP contribution < -0.4 is 33.1 Å². The minimum absolute atomic E-state index is 0. The van der Waals surface area contributed by atoms with Crippen molar-refractivity contribution in [3.63, 3.8) is 0 Å². The average Bonchev–Trinajstić information content (AvgIpc) is 2.34. The number of benzene rings is 2. The summed E-state index contributed by atoms with van der Waals surface area (Å²) in [6, 6.07) is 9.38. The number of carboxylic acid groups (broad SMARTS) is 2. The van der Waals surface area contributed by atoms with Gasteiger partial charge in [0.2, 0.25) is 0 Å². The molecule has 0 saturated carbocycles. The third-order valence-electron chi connectivity index (χ3n) is 2.77. The summed E-state index contributed by atoms with van der Waals surface area (Å²) in [5, 5.41) is 20.4. The molecule has 2 rings (SSSR count). The first-order chi connectivity index (χ1) is 11.2. The van der Waals surface area contributed by atoms with Crippen LogP contribution in [0.5, 0.6) is 0 Å². The van der Waals surface area contributed by atoms with Gasteiger partial charge in [-0.1, -0.05) is 0 Å². The van der Waals surface area contributed by atoms with Gasteiger partial charge in [0.25, 0.3) is 0 Å². The van der Waals surface area contributed by atoms with Gasteiger partial charge >= 0.3 is 37.7 Å². The summed E-state index contributed by atoms with van der Waals surface area (Å²) in [5.41, 5.74) is 24.7. The van der Waals surface area contributed by atoms with Gasteiger partial charge in [-0.15, -0.1) is 0 Å². The molecule has 0 atom stereocenters. The zero-order chi connectivity index (χ0) is 18.3. The molecule has 0 aliphatic carbocycles. The normalized spacial score (nSPS) is 9.28. The van der Waals surface area contributed by atoms with Crippen molar-refractivity contribution in [3.05, 3.63) is 47.5 Å². The van der Waals surface area contributed by atoms with Gasteiger partial charge in [0.15, 0.2) is 0 Å². The van der Waals surface area contributed by atoms with Crippen molar-refractivity contribution in [1.29, 1.82) is 0 Å². The Morgan fingerprint density at radius 3 is 1.08 bits per heavy atom. The van der Waals surface area contributed by atoms with Crippen molar-refractivity contribution in [3.8, 4) is 0 Å². The van der Waals surface area contributed by atoms with Gasteiger partial charge in [-0.3, -0.25) is 0 Å². The number of nitrogens with two attached hydrogens (primary N) is 4. The Morgan fingerprint density at radius 1 is 0.640 bits per heavy atom. The number of carbonyl (C=O) groups excluding carboxylic acids is 2. The van der Waals surface area contributed by atoms with Crippen LogP contribution in [0.15, 0.2) is 36.4 Å². The molecular formula is C16H18CaN4O4. The maximum Gasteiger partial charge on any atom is 2.00 e.